The monoisotopic (exact) mass is 294 g/mol. The minimum atomic E-state index is -1.43. The zero-order chi connectivity index (χ0) is 15.7. The Labute approximate surface area is 125 Å². The maximum atomic E-state index is 12.2. The van der Waals surface area contributed by atoms with Crippen molar-refractivity contribution < 1.29 is 23.8 Å². The molecular weight excluding hydrogens is 272 g/mol. The Balaban J connectivity index is 2.94. The number of hydrogen-bond donors (Lipinski definition) is 0. The molecule has 21 heavy (non-hydrogen) atoms. The van der Waals surface area contributed by atoms with Gasteiger partial charge in [0.15, 0.2) is 5.41 Å². The van der Waals surface area contributed by atoms with Gasteiger partial charge in [-0.3, -0.25) is 9.59 Å². The van der Waals surface area contributed by atoms with Gasteiger partial charge in [-0.2, -0.15) is 0 Å². The molecule has 0 fully saturated rings. The molecule has 1 aromatic carbocycles. The van der Waals surface area contributed by atoms with Crippen molar-refractivity contribution >= 4 is 11.9 Å². The smallest absolute Gasteiger partial charge is 0.327 e. The van der Waals surface area contributed by atoms with E-state index in [1.165, 1.54) is 0 Å². The molecule has 0 unspecified atom stereocenters. The molecule has 0 aliphatic heterocycles. The van der Waals surface area contributed by atoms with Gasteiger partial charge in [0.25, 0.3) is 0 Å². The van der Waals surface area contributed by atoms with Crippen molar-refractivity contribution in [2.24, 2.45) is 5.41 Å². The fraction of sp³-hybridized carbons (Fsp3) is 0.500. The molecule has 0 atom stereocenters. The molecule has 0 bridgehead atoms. The van der Waals surface area contributed by atoms with Crippen LogP contribution in [0.25, 0.3) is 0 Å². The fourth-order valence-corrected chi connectivity index (χ4v) is 1.85. The summed E-state index contributed by atoms with van der Waals surface area (Å²) in [4.78, 5) is 24.5. The third-order valence-electron chi connectivity index (χ3n) is 3.16. The van der Waals surface area contributed by atoms with Crippen molar-refractivity contribution in [1.29, 1.82) is 0 Å². The van der Waals surface area contributed by atoms with Gasteiger partial charge in [0.2, 0.25) is 0 Å². The second-order valence-electron chi connectivity index (χ2n) is 4.48. The molecule has 5 nitrogen and oxygen atoms in total. The van der Waals surface area contributed by atoms with Gasteiger partial charge in [0, 0.05) is 0 Å². The number of carbonyl (C=O) groups is 2. The highest BCUT2D eigenvalue weighted by molar-refractivity contribution is 6.00. The normalized spacial score (nSPS) is 10.8. The molecule has 0 heterocycles. The zero-order valence-corrected chi connectivity index (χ0v) is 12.8. The minimum absolute atomic E-state index is 0.106. The van der Waals surface area contributed by atoms with Gasteiger partial charge in [-0.05, 0) is 32.4 Å². The highest BCUT2D eigenvalue weighted by Crippen LogP contribution is 2.28. The second kappa shape index (κ2) is 8.29. The largest absolute Gasteiger partial charge is 0.492 e. The van der Waals surface area contributed by atoms with Crippen molar-refractivity contribution in [3.8, 4) is 5.75 Å². The third-order valence-corrected chi connectivity index (χ3v) is 3.16. The molecule has 0 radical (unpaired) electrons. The molecular formula is C16H22O5. The highest BCUT2D eigenvalue weighted by Gasteiger charge is 2.48. The summed E-state index contributed by atoms with van der Waals surface area (Å²) >= 11 is 0. The molecule has 0 saturated heterocycles. The van der Waals surface area contributed by atoms with Crippen LogP contribution in [0.2, 0.25) is 0 Å². The first-order valence-corrected chi connectivity index (χ1v) is 7.13. The maximum Gasteiger partial charge on any atom is 0.327 e. The number of para-hydroxylation sites is 1. The van der Waals surface area contributed by atoms with E-state index in [-0.39, 0.29) is 26.2 Å². The lowest BCUT2D eigenvalue weighted by Crippen LogP contribution is -2.46. The molecule has 0 aromatic heterocycles. The Bertz CT molecular complexity index is 437. The van der Waals surface area contributed by atoms with Crippen LogP contribution in [-0.4, -0.2) is 31.8 Å². The predicted octanol–water partition coefficient (Wildman–Crippen LogP) is 2.59. The average molecular weight is 294 g/mol. The van der Waals surface area contributed by atoms with Crippen molar-refractivity contribution in [2.45, 2.75) is 27.2 Å². The Morgan fingerprint density at radius 3 is 1.90 bits per heavy atom. The van der Waals surface area contributed by atoms with Crippen LogP contribution in [-0.2, 0) is 19.1 Å². The van der Waals surface area contributed by atoms with Gasteiger partial charge in [-0.25, -0.2) is 0 Å². The minimum Gasteiger partial charge on any atom is -0.492 e. The second-order valence-corrected chi connectivity index (χ2v) is 4.48. The van der Waals surface area contributed by atoms with Crippen molar-refractivity contribution in [3.63, 3.8) is 0 Å². The summed E-state index contributed by atoms with van der Waals surface area (Å²) in [6.45, 7) is 5.42. The summed E-state index contributed by atoms with van der Waals surface area (Å²) in [6, 6.07) is 9.01. The van der Waals surface area contributed by atoms with E-state index in [1.807, 2.05) is 18.2 Å². The summed E-state index contributed by atoms with van der Waals surface area (Å²) in [6.07, 6.45) is 0.248. The number of hydrogen-bond acceptors (Lipinski definition) is 5. The Hall–Kier alpha value is -2.04. The van der Waals surface area contributed by atoms with Gasteiger partial charge in [0.1, 0.15) is 12.4 Å². The molecule has 0 amide bonds. The quantitative estimate of drug-likeness (QED) is 0.545. The number of rotatable bonds is 8. The van der Waals surface area contributed by atoms with Crippen LogP contribution < -0.4 is 4.74 Å². The SMILES string of the molecule is CCOC(=O)C(CC)(COc1ccccc1)C(=O)OCC. The summed E-state index contributed by atoms with van der Waals surface area (Å²) in [5, 5.41) is 0. The van der Waals surface area contributed by atoms with E-state index in [2.05, 4.69) is 0 Å². The van der Waals surface area contributed by atoms with Crippen LogP contribution in [0.3, 0.4) is 0 Å². The standard InChI is InChI=1S/C16H22O5/c1-4-16(14(17)19-5-2,15(18)20-6-3)12-21-13-10-8-7-9-11-13/h7-11H,4-6,12H2,1-3H3. The third kappa shape index (κ3) is 4.21. The first-order valence-electron chi connectivity index (χ1n) is 7.13. The van der Waals surface area contributed by atoms with E-state index in [4.69, 9.17) is 14.2 Å². The van der Waals surface area contributed by atoms with Crippen LogP contribution in [0.5, 0.6) is 5.75 Å². The average Bonchev–Trinajstić information content (AvgIpc) is 2.50. The van der Waals surface area contributed by atoms with E-state index in [0.29, 0.717) is 5.75 Å². The van der Waals surface area contributed by atoms with Crippen LogP contribution >= 0.6 is 0 Å². The maximum absolute atomic E-state index is 12.2. The Kier molecular flexibility index (Phi) is 6.72. The van der Waals surface area contributed by atoms with E-state index in [9.17, 15) is 9.59 Å². The molecule has 5 heteroatoms. The topological polar surface area (TPSA) is 61.8 Å². The van der Waals surface area contributed by atoms with Gasteiger partial charge in [-0.15, -0.1) is 0 Å². The molecule has 0 spiro atoms. The number of ether oxygens (including phenoxy) is 3. The summed E-state index contributed by atoms with van der Waals surface area (Å²) in [5.74, 6) is -0.632. The highest BCUT2D eigenvalue weighted by atomic mass is 16.6. The summed E-state index contributed by atoms with van der Waals surface area (Å²) in [5.41, 5.74) is -1.43. The summed E-state index contributed by atoms with van der Waals surface area (Å²) < 4.78 is 15.7. The lowest BCUT2D eigenvalue weighted by molar-refractivity contribution is -0.174. The number of benzene rings is 1. The van der Waals surface area contributed by atoms with Crippen molar-refractivity contribution in [1.82, 2.24) is 0 Å². The van der Waals surface area contributed by atoms with Crippen LogP contribution in [0, 0.1) is 5.41 Å². The molecule has 0 aliphatic rings. The lowest BCUT2D eigenvalue weighted by Gasteiger charge is -2.27. The van der Waals surface area contributed by atoms with Crippen molar-refractivity contribution in [2.75, 3.05) is 19.8 Å². The van der Waals surface area contributed by atoms with Gasteiger partial charge in [0.05, 0.1) is 13.2 Å². The van der Waals surface area contributed by atoms with E-state index in [0.717, 1.165) is 0 Å². The molecule has 1 rings (SSSR count). The lowest BCUT2D eigenvalue weighted by atomic mass is 9.86. The van der Waals surface area contributed by atoms with Crippen LogP contribution in [0.1, 0.15) is 27.2 Å². The molecule has 1 aromatic rings. The van der Waals surface area contributed by atoms with Gasteiger partial charge >= 0.3 is 11.9 Å². The molecule has 0 N–H and O–H groups in total. The Morgan fingerprint density at radius 2 is 1.48 bits per heavy atom. The van der Waals surface area contributed by atoms with E-state index >= 15 is 0 Å². The first-order chi connectivity index (χ1) is 10.1. The van der Waals surface area contributed by atoms with Crippen LogP contribution in [0.4, 0.5) is 0 Å². The van der Waals surface area contributed by atoms with Crippen molar-refractivity contribution in [3.05, 3.63) is 30.3 Å². The number of carbonyl (C=O) groups excluding carboxylic acids is 2. The fourth-order valence-electron chi connectivity index (χ4n) is 1.85. The molecule has 0 aliphatic carbocycles. The molecule has 116 valence electrons. The Morgan fingerprint density at radius 1 is 0.952 bits per heavy atom. The van der Waals surface area contributed by atoms with E-state index in [1.54, 1.807) is 32.9 Å². The van der Waals surface area contributed by atoms with Crippen LogP contribution in [0.15, 0.2) is 30.3 Å². The molecule has 0 saturated carbocycles. The number of esters is 2. The first kappa shape index (κ1) is 17.0. The summed E-state index contributed by atoms with van der Waals surface area (Å²) in [7, 11) is 0. The van der Waals surface area contributed by atoms with Gasteiger partial charge < -0.3 is 14.2 Å². The predicted molar refractivity (Wildman–Crippen MR) is 77.9 cm³/mol. The van der Waals surface area contributed by atoms with Gasteiger partial charge in [-0.1, -0.05) is 25.1 Å². The van der Waals surface area contributed by atoms with E-state index < -0.39 is 17.4 Å². The zero-order valence-electron chi connectivity index (χ0n) is 12.8.